The first kappa shape index (κ1) is 27.0. The van der Waals surface area contributed by atoms with Gasteiger partial charge in [-0.15, -0.1) is 0 Å². The van der Waals surface area contributed by atoms with E-state index < -0.39 is 29.3 Å². The molecule has 2 aromatic rings. The van der Waals surface area contributed by atoms with Crippen molar-refractivity contribution in [3.8, 4) is 0 Å². The molecule has 8 heteroatoms. The van der Waals surface area contributed by atoms with Gasteiger partial charge in [-0.05, 0) is 56.2 Å². The number of benzene rings is 1. The van der Waals surface area contributed by atoms with Crippen LogP contribution in [0.15, 0.2) is 48.8 Å². The molecule has 8 nitrogen and oxygen atoms in total. The van der Waals surface area contributed by atoms with Gasteiger partial charge in [0.05, 0.1) is 23.8 Å². The number of nitrogens with zero attached hydrogens (tertiary/aromatic N) is 2. The number of hydroxylamine groups is 2. The maximum Gasteiger partial charge on any atom is 0.247 e. The Hall–Kier alpha value is -3.26. The highest BCUT2D eigenvalue weighted by atomic mass is 16.5. The van der Waals surface area contributed by atoms with Crippen molar-refractivity contribution >= 4 is 23.9 Å². The number of amides is 3. The summed E-state index contributed by atoms with van der Waals surface area (Å²) in [4.78, 5) is 41.5. The van der Waals surface area contributed by atoms with E-state index in [1.165, 1.54) is 11.8 Å². The lowest BCUT2D eigenvalue weighted by molar-refractivity contribution is -0.166. The Balaban J connectivity index is 2.14. The summed E-state index contributed by atoms with van der Waals surface area (Å²) in [5.74, 6) is -1.45. The molecule has 0 fully saturated rings. The molecule has 184 valence electrons. The minimum Gasteiger partial charge on any atom is -0.343 e. The standard InChI is InChI=1S/C26H36N4O4/c1-18-11-13-20(14-12-18)8-6-10-22(19(2)30(34)17-31)24(32)29-23(26(3,4)5)25(33)28-21-9-7-15-27-16-21/h7,9,11-17,19,22-23,34H,6,8,10H2,1-5H3,(H,28,33)(H,29,32)/t19-,22+,23+/m0/s1. The molecule has 0 aliphatic heterocycles. The molecule has 0 bridgehead atoms. The molecular formula is C26H36N4O4. The molecule has 0 spiro atoms. The van der Waals surface area contributed by atoms with Crippen LogP contribution in [0.1, 0.15) is 51.7 Å². The van der Waals surface area contributed by atoms with Gasteiger partial charge in [0.1, 0.15) is 6.04 Å². The zero-order valence-corrected chi connectivity index (χ0v) is 20.6. The first-order valence-corrected chi connectivity index (χ1v) is 11.5. The van der Waals surface area contributed by atoms with Crippen LogP contribution < -0.4 is 10.6 Å². The number of hydrogen-bond donors (Lipinski definition) is 3. The summed E-state index contributed by atoms with van der Waals surface area (Å²) in [6.07, 6.45) is 5.31. The molecule has 3 atom stereocenters. The molecule has 0 radical (unpaired) electrons. The van der Waals surface area contributed by atoms with Gasteiger partial charge in [0.2, 0.25) is 18.2 Å². The van der Waals surface area contributed by atoms with E-state index in [1.807, 2.05) is 39.8 Å². The van der Waals surface area contributed by atoms with Gasteiger partial charge in [0, 0.05) is 6.20 Å². The van der Waals surface area contributed by atoms with Gasteiger partial charge in [-0.25, -0.2) is 5.06 Å². The third-order valence-corrected chi connectivity index (χ3v) is 5.89. The first-order chi connectivity index (χ1) is 16.0. The number of anilines is 1. The van der Waals surface area contributed by atoms with Gasteiger partial charge < -0.3 is 10.6 Å². The summed E-state index contributed by atoms with van der Waals surface area (Å²) in [5.41, 5.74) is 2.27. The number of carbonyl (C=O) groups is 3. The predicted octanol–water partition coefficient (Wildman–Crippen LogP) is 3.73. The lowest BCUT2D eigenvalue weighted by Gasteiger charge is -2.33. The van der Waals surface area contributed by atoms with Crippen molar-refractivity contribution in [3.05, 3.63) is 59.9 Å². The monoisotopic (exact) mass is 468 g/mol. The normalized spacial score (nSPS) is 13.9. The zero-order chi connectivity index (χ0) is 25.3. The van der Waals surface area contributed by atoms with Gasteiger partial charge >= 0.3 is 0 Å². The number of pyridine rings is 1. The van der Waals surface area contributed by atoms with Crippen LogP contribution >= 0.6 is 0 Å². The van der Waals surface area contributed by atoms with Crippen molar-refractivity contribution < 1.29 is 19.6 Å². The minimum absolute atomic E-state index is 0.293. The molecule has 1 aromatic carbocycles. The van der Waals surface area contributed by atoms with Gasteiger partial charge in [-0.3, -0.25) is 24.6 Å². The average Bonchev–Trinajstić information content (AvgIpc) is 2.80. The third-order valence-electron chi connectivity index (χ3n) is 5.89. The number of aromatic nitrogens is 1. The van der Waals surface area contributed by atoms with E-state index in [2.05, 4.69) is 27.8 Å². The second-order valence-corrected chi connectivity index (χ2v) is 9.75. The van der Waals surface area contributed by atoms with Gasteiger partial charge in [0.15, 0.2) is 0 Å². The van der Waals surface area contributed by atoms with Crippen LogP contribution in [0.25, 0.3) is 0 Å². The molecule has 0 unspecified atom stereocenters. The Morgan fingerprint density at radius 1 is 1.15 bits per heavy atom. The van der Waals surface area contributed by atoms with E-state index in [1.54, 1.807) is 25.3 Å². The maximum absolute atomic E-state index is 13.3. The van der Waals surface area contributed by atoms with E-state index in [4.69, 9.17) is 0 Å². The van der Waals surface area contributed by atoms with E-state index in [0.29, 0.717) is 30.0 Å². The van der Waals surface area contributed by atoms with E-state index in [9.17, 15) is 19.6 Å². The molecular weight excluding hydrogens is 432 g/mol. The Kier molecular flexibility index (Phi) is 9.74. The number of hydrogen-bond acceptors (Lipinski definition) is 5. The summed E-state index contributed by atoms with van der Waals surface area (Å²) >= 11 is 0. The summed E-state index contributed by atoms with van der Waals surface area (Å²) in [7, 11) is 0. The fourth-order valence-corrected chi connectivity index (χ4v) is 3.73. The number of carbonyl (C=O) groups excluding carboxylic acids is 3. The smallest absolute Gasteiger partial charge is 0.247 e. The topological polar surface area (TPSA) is 112 Å². The van der Waals surface area contributed by atoms with Crippen LogP contribution in [0.4, 0.5) is 5.69 Å². The molecule has 0 saturated carbocycles. The lowest BCUT2D eigenvalue weighted by Crippen LogP contribution is -2.55. The van der Waals surface area contributed by atoms with Crippen LogP contribution in [0, 0.1) is 18.3 Å². The van der Waals surface area contributed by atoms with E-state index in [-0.39, 0.29) is 5.91 Å². The number of rotatable bonds is 11. The number of aryl methyl sites for hydroxylation is 2. The van der Waals surface area contributed by atoms with Gasteiger partial charge in [-0.1, -0.05) is 50.6 Å². The molecule has 1 aromatic heterocycles. The third kappa shape index (κ3) is 7.95. The van der Waals surface area contributed by atoms with Gasteiger partial charge in [-0.2, -0.15) is 0 Å². The van der Waals surface area contributed by atoms with E-state index in [0.717, 1.165) is 12.0 Å². The summed E-state index contributed by atoms with van der Waals surface area (Å²) in [5, 5.41) is 16.2. The van der Waals surface area contributed by atoms with Crippen LogP contribution in [0.2, 0.25) is 0 Å². The quantitative estimate of drug-likeness (QED) is 0.264. The predicted molar refractivity (Wildman–Crippen MR) is 131 cm³/mol. The van der Waals surface area contributed by atoms with Crippen molar-refractivity contribution in [1.82, 2.24) is 15.4 Å². The molecule has 0 aliphatic rings. The highest BCUT2D eigenvalue weighted by Crippen LogP contribution is 2.24. The largest absolute Gasteiger partial charge is 0.343 e. The molecule has 2 rings (SSSR count). The maximum atomic E-state index is 13.3. The molecule has 0 saturated heterocycles. The van der Waals surface area contributed by atoms with Crippen LogP contribution in [0.3, 0.4) is 0 Å². The fourth-order valence-electron chi connectivity index (χ4n) is 3.73. The SMILES string of the molecule is Cc1ccc(CCC[C@@H](C(=O)N[C@H](C(=O)Nc2cccnc2)C(C)(C)C)[C@H](C)N(O)C=O)cc1. The summed E-state index contributed by atoms with van der Waals surface area (Å²) in [6.45, 7) is 9.23. The molecule has 1 heterocycles. The molecule has 3 amide bonds. The minimum atomic E-state index is -0.838. The second kappa shape index (κ2) is 12.3. The van der Waals surface area contributed by atoms with Crippen LogP contribution in [-0.2, 0) is 20.8 Å². The highest BCUT2D eigenvalue weighted by Gasteiger charge is 2.36. The Morgan fingerprint density at radius 2 is 1.82 bits per heavy atom. The first-order valence-electron chi connectivity index (χ1n) is 11.5. The van der Waals surface area contributed by atoms with Crippen LogP contribution in [-0.4, -0.2) is 45.6 Å². The lowest BCUT2D eigenvalue weighted by atomic mass is 9.84. The molecule has 34 heavy (non-hydrogen) atoms. The Labute approximate surface area is 201 Å². The van der Waals surface area contributed by atoms with Crippen LogP contribution in [0.5, 0.6) is 0 Å². The highest BCUT2D eigenvalue weighted by molar-refractivity contribution is 5.98. The fraction of sp³-hybridized carbons (Fsp3) is 0.462. The Morgan fingerprint density at radius 3 is 2.38 bits per heavy atom. The Bertz CT molecular complexity index is 942. The summed E-state index contributed by atoms with van der Waals surface area (Å²) < 4.78 is 0. The average molecular weight is 469 g/mol. The summed E-state index contributed by atoms with van der Waals surface area (Å²) in [6, 6.07) is 10.0. The zero-order valence-electron chi connectivity index (χ0n) is 20.6. The van der Waals surface area contributed by atoms with Crippen molar-refractivity contribution in [2.24, 2.45) is 11.3 Å². The van der Waals surface area contributed by atoms with Crippen molar-refractivity contribution in [1.29, 1.82) is 0 Å². The molecule has 3 N–H and O–H groups in total. The van der Waals surface area contributed by atoms with Crippen molar-refractivity contribution in [2.75, 3.05) is 5.32 Å². The van der Waals surface area contributed by atoms with Crippen molar-refractivity contribution in [2.45, 2.75) is 66.0 Å². The number of nitrogens with one attached hydrogen (secondary N) is 2. The van der Waals surface area contributed by atoms with Gasteiger partial charge in [0.25, 0.3) is 0 Å². The second-order valence-electron chi connectivity index (χ2n) is 9.75. The van der Waals surface area contributed by atoms with Crippen molar-refractivity contribution in [3.63, 3.8) is 0 Å². The molecule has 0 aliphatic carbocycles. The van der Waals surface area contributed by atoms with E-state index >= 15 is 0 Å².